The Bertz CT molecular complexity index is 343. The molecule has 0 amide bonds. The first kappa shape index (κ1) is 12.0. The number of hydrogen-bond donors (Lipinski definition) is 1. The van der Waals surface area contributed by atoms with Crippen LogP contribution in [-0.2, 0) is 15.9 Å². The van der Waals surface area contributed by atoms with E-state index in [1.807, 2.05) is 12.1 Å². The van der Waals surface area contributed by atoms with Gasteiger partial charge in [0, 0.05) is 17.5 Å². The van der Waals surface area contributed by atoms with Gasteiger partial charge in [-0.2, -0.15) is 0 Å². The summed E-state index contributed by atoms with van der Waals surface area (Å²) < 4.78 is 12.2. The molecule has 1 aliphatic heterocycles. The Kier molecular flexibility index (Phi) is 4.35. The molecule has 1 saturated heterocycles. The van der Waals surface area contributed by atoms with Gasteiger partial charge in [-0.1, -0.05) is 28.1 Å². The second-order valence-corrected chi connectivity index (χ2v) is 4.78. The molecule has 2 rings (SSSR count). The molecule has 16 heavy (non-hydrogen) atoms. The number of aliphatic hydroxyl groups is 1. The Hall–Kier alpha value is -0.420. The minimum atomic E-state index is -0.175. The van der Waals surface area contributed by atoms with Crippen LogP contribution in [0.25, 0.3) is 0 Å². The molecule has 0 saturated carbocycles. The minimum Gasteiger partial charge on any atom is -0.396 e. The fourth-order valence-electron chi connectivity index (χ4n) is 1.77. The van der Waals surface area contributed by atoms with Gasteiger partial charge in [0.1, 0.15) is 0 Å². The van der Waals surface area contributed by atoms with Crippen molar-refractivity contribution in [1.82, 2.24) is 0 Å². The Morgan fingerprint density at radius 2 is 2.31 bits per heavy atom. The van der Waals surface area contributed by atoms with Crippen molar-refractivity contribution in [2.75, 3.05) is 13.2 Å². The number of benzene rings is 1. The van der Waals surface area contributed by atoms with Crippen molar-refractivity contribution in [2.45, 2.75) is 25.2 Å². The van der Waals surface area contributed by atoms with E-state index in [0.29, 0.717) is 13.0 Å². The second kappa shape index (κ2) is 5.77. The normalized spacial score (nSPS) is 24.9. The van der Waals surface area contributed by atoms with E-state index in [4.69, 9.17) is 14.6 Å². The lowest BCUT2D eigenvalue weighted by atomic mass is 10.1. The predicted octanol–water partition coefficient (Wildman–Crippen LogP) is 2.12. The van der Waals surface area contributed by atoms with Gasteiger partial charge in [-0.3, -0.25) is 0 Å². The molecule has 0 radical (unpaired) electrons. The van der Waals surface area contributed by atoms with E-state index in [9.17, 15) is 0 Å². The zero-order valence-electron chi connectivity index (χ0n) is 8.93. The van der Waals surface area contributed by atoms with Gasteiger partial charge in [-0.15, -0.1) is 0 Å². The number of hydrogen-bond acceptors (Lipinski definition) is 3. The molecule has 0 aromatic heterocycles. The Balaban J connectivity index is 1.87. The number of aliphatic hydroxyl groups excluding tert-OH is 1. The van der Waals surface area contributed by atoms with E-state index in [0.717, 1.165) is 10.9 Å². The number of ether oxygens (including phenoxy) is 2. The quantitative estimate of drug-likeness (QED) is 0.922. The molecule has 0 aliphatic carbocycles. The van der Waals surface area contributed by atoms with Gasteiger partial charge < -0.3 is 14.6 Å². The zero-order chi connectivity index (χ0) is 11.4. The third kappa shape index (κ3) is 3.28. The number of halogens is 1. The first-order chi connectivity index (χ1) is 7.78. The molecule has 3 nitrogen and oxygen atoms in total. The van der Waals surface area contributed by atoms with Gasteiger partial charge in [0.15, 0.2) is 6.29 Å². The van der Waals surface area contributed by atoms with Crippen LogP contribution in [-0.4, -0.2) is 30.7 Å². The monoisotopic (exact) mass is 286 g/mol. The van der Waals surface area contributed by atoms with Gasteiger partial charge in [0.05, 0.1) is 12.7 Å². The maximum atomic E-state index is 8.80. The highest BCUT2D eigenvalue weighted by Crippen LogP contribution is 2.20. The van der Waals surface area contributed by atoms with Crippen LogP contribution in [0.3, 0.4) is 0 Å². The topological polar surface area (TPSA) is 38.7 Å². The van der Waals surface area contributed by atoms with Crippen LogP contribution in [0.4, 0.5) is 0 Å². The van der Waals surface area contributed by atoms with Crippen LogP contribution in [0.15, 0.2) is 28.7 Å². The summed E-state index contributed by atoms with van der Waals surface area (Å²) >= 11 is 3.43. The molecule has 0 spiro atoms. The molecule has 1 aromatic rings. The molecule has 1 heterocycles. The summed E-state index contributed by atoms with van der Waals surface area (Å²) in [6.45, 7) is 0.733. The lowest BCUT2D eigenvalue weighted by molar-refractivity contribution is -0.0583. The highest BCUT2D eigenvalue weighted by Gasteiger charge is 2.25. The summed E-state index contributed by atoms with van der Waals surface area (Å²) in [6.07, 6.45) is 1.27. The molecule has 0 bridgehead atoms. The molecule has 1 aromatic carbocycles. The Morgan fingerprint density at radius 1 is 1.44 bits per heavy atom. The van der Waals surface area contributed by atoms with E-state index >= 15 is 0 Å². The SMILES string of the molecule is OCCC1COC(Cc2cccc(Br)c2)O1. The summed E-state index contributed by atoms with van der Waals surface area (Å²) in [5, 5.41) is 8.80. The lowest BCUT2D eigenvalue weighted by Crippen LogP contribution is -2.15. The van der Waals surface area contributed by atoms with Crippen molar-refractivity contribution in [3.8, 4) is 0 Å². The highest BCUT2D eigenvalue weighted by atomic mass is 79.9. The molecule has 2 atom stereocenters. The summed E-state index contributed by atoms with van der Waals surface area (Å²) in [5.41, 5.74) is 1.18. The van der Waals surface area contributed by atoms with Crippen molar-refractivity contribution >= 4 is 15.9 Å². The van der Waals surface area contributed by atoms with Crippen LogP contribution in [0.1, 0.15) is 12.0 Å². The predicted molar refractivity (Wildman–Crippen MR) is 64.2 cm³/mol. The standard InChI is InChI=1S/C12H15BrO3/c13-10-3-1-2-9(6-10)7-12-15-8-11(16-12)4-5-14/h1-3,6,11-12,14H,4-5,7-8H2. The molecular weight excluding hydrogens is 272 g/mol. The van der Waals surface area contributed by atoms with Gasteiger partial charge >= 0.3 is 0 Å². The molecule has 1 fully saturated rings. The Labute approximate surface area is 104 Å². The molecular formula is C12H15BrO3. The van der Waals surface area contributed by atoms with Gasteiger partial charge in [-0.05, 0) is 24.1 Å². The Morgan fingerprint density at radius 3 is 3.06 bits per heavy atom. The number of rotatable bonds is 4. The first-order valence-electron chi connectivity index (χ1n) is 5.40. The third-order valence-corrected chi connectivity index (χ3v) is 3.05. The third-order valence-electron chi connectivity index (χ3n) is 2.55. The van der Waals surface area contributed by atoms with Crippen molar-refractivity contribution in [1.29, 1.82) is 0 Å². The highest BCUT2D eigenvalue weighted by molar-refractivity contribution is 9.10. The minimum absolute atomic E-state index is 0.0437. The summed E-state index contributed by atoms with van der Waals surface area (Å²) in [7, 11) is 0. The van der Waals surface area contributed by atoms with Crippen LogP contribution in [0.2, 0.25) is 0 Å². The van der Waals surface area contributed by atoms with Crippen molar-refractivity contribution in [3.63, 3.8) is 0 Å². The molecule has 1 aliphatic rings. The van der Waals surface area contributed by atoms with E-state index in [1.54, 1.807) is 0 Å². The average molecular weight is 287 g/mol. The molecule has 4 heteroatoms. The van der Waals surface area contributed by atoms with Crippen LogP contribution >= 0.6 is 15.9 Å². The van der Waals surface area contributed by atoms with Crippen LogP contribution < -0.4 is 0 Å². The van der Waals surface area contributed by atoms with E-state index < -0.39 is 0 Å². The van der Waals surface area contributed by atoms with Crippen LogP contribution in [0, 0.1) is 0 Å². The summed E-state index contributed by atoms with van der Waals surface area (Å²) in [4.78, 5) is 0. The van der Waals surface area contributed by atoms with E-state index in [-0.39, 0.29) is 19.0 Å². The van der Waals surface area contributed by atoms with Gasteiger partial charge in [0.2, 0.25) is 0 Å². The molecule has 1 N–H and O–H groups in total. The summed E-state index contributed by atoms with van der Waals surface area (Å²) in [6, 6.07) is 8.11. The van der Waals surface area contributed by atoms with Crippen molar-refractivity contribution in [2.24, 2.45) is 0 Å². The maximum absolute atomic E-state index is 8.80. The lowest BCUT2D eigenvalue weighted by Gasteiger charge is -2.11. The zero-order valence-corrected chi connectivity index (χ0v) is 10.5. The average Bonchev–Trinajstić information content (AvgIpc) is 2.66. The van der Waals surface area contributed by atoms with Crippen molar-refractivity contribution < 1.29 is 14.6 Å². The van der Waals surface area contributed by atoms with E-state index in [1.165, 1.54) is 5.56 Å². The molecule has 2 unspecified atom stereocenters. The van der Waals surface area contributed by atoms with Crippen molar-refractivity contribution in [3.05, 3.63) is 34.3 Å². The maximum Gasteiger partial charge on any atom is 0.162 e. The smallest absolute Gasteiger partial charge is 0.162 e. The van der Waals surface area contributed by atoms with E-state index in [2.05, 4.69) is 28.1 Å². The van der Waals surface area contributed by atoms with Gasteiger partial charge in [0.25, 0.3) is 0 Å². The largest absolute Gasteiger partial charge is 0.396 e. The molecule has 88 valence electrons. The second-order valence-electron chi connectivity index (χ2n) is 3.87. The van der Waals surface area contributed by atoms with Crippen LogP contribution in [0.5, 0.6) is 0 Å². The van der Waals surface area contributed by atoms with Gasteiger partial charge in [-0.25, -0.2) is 0 Å². The summed E-state index contributed by atoms with van der Waals surface area (Å²) in [5.74, 6) is 0. The fraction of sp³-hybridized carbons (Fsp3) is 0.500. The fourth-order valence-corrected chi connectivity index (χ4v) is 2.21. The first-order valence-corrected chi connectivity index (χ1v) is 6.19.